The average Bonchev–Trinajstić information content (AvgIpc) is 2.58. The van der Waals surface area contributed by atoms with Crippen LogP contribution in [0.5, 0.6) is 0 Å². The fourth-order valence-electron chi connectivity index (χ4n) is 3.16. The molecular weight excluding hydrogens is 305 g/mol. The van der Waals surface area contributed by atoms with E-state index in [1.807, 2.05) is 17.2 Å². The molecule has 3 rings (SSSR count). The predicted octanol–water partition coefficient (Wildman–Crippen LogP) is 2.84. The van der Waals surface area contributed by atoms with E-state index < -0.39 is 11.9 Å². The van der Waals surface area contributed by atoms with E-state index in [1.165, 1.54) is 23.3 Å². The van der Waals surface area contributed by atoms with E-state index in [1.54, 1.807) is 18.3 Å². The Morgan fingerprint density at radius 3 is 2.62 bits per heavy atom. The van der Waals surface area contributed by atoms with Gasteiger partial charge in [-0.25, -0.2) is 4.39 Å². The molecule has 0 saturated carbocycles. The van der Waals surface area contributed by atoms with Gasteiger partial charge in [-0.3, -0.25) is 14.7 Å². The molecule has 124 valence electrons. The first-order valence-corrected chi connectivity index (χ1v) is 7.95. The van der Waals surface area contributed by atoms with Crippen molar-refractivity contribution in [1.82, 2.24) is 9.88 Å². The van der Waals surface area contributed by atoms with Crippen LogP contribution < -0.4 is 5.73 Å². The number of benzene rings is 1. The minimum absolute atomic E-state index is 0.324. The maximum Gasteiger partial charge on any atom is 0.239 e. The van der Waals surface area contributed by atoms with Gasteiger partial charge in [0.1, 0.15) is 11.9 Å². The summed E-state index contributed by atoms with van der Waals surface area (Å²) in [4.78, 5) is 18.2. The van der Waals surface area contributed by atoms with E-state index in [9.17, 15) is 9.18 Å². The number of primary amides is 1. The zero-order chi connectivity index (χ0) is 17.1. The second-order valence-corrected chi connectivity index (χ2v) is 6.02. The summed E-state index contributed by atoms with van der Waals surface area (Å²) in [5.74, 6) is -0.745. The van der Waals surface area contributed by atoms with Crippen LogP contribution in [0.3, 0.4) is 0 Å². The lowest BCUT2D eigenvalue weighted by molar-refractivity contribution is -0.123. The summed E-state index contributed by atoms with van der Waals surface area (Å²) in [5, 5.41) is 0. The maximum absolute atomic E-state index is 13.1. The van der Waals surface area contributed by atoms with Crippen molar-refractivity contribution in [2.75, 3.05) is 13.1 Å². The van der Waals surface area contributed by atoms with Gasteiger partial charge in [-0.1, -0.05) is 18.2 Å². The number of carbonyl (C=O) groups is 1. The molecule has 24 heavy (non-hydrogen) atoms. The number of carbonyl (C=O) groups excluding carboxylic acids is 1. The van der Waals surface area contributed by atoms with Crippen LogP contribution in [-0.4, -0.2) is 28.9 Å². The number of aromatic nitrogens is 1. The second-order valence-electron chi connectivity index (χ2n) is 6.02. The first kappa shape index (κ1) is 16.3. The molecule has 1 atom stereocenters. The summed E-state index contributed by atoms with van der Waals surface area (Å²) in [6.07, 6.45) is 6.60. The van der Waals surface area contributed by atoms with Crippen LogP contribution in [0.4, 0.5) is 4.39 Å². The number of halogens is 1. The third-order valence-electron chi connectivity index (χ3n) is 4.45. The van der Waals surface area contributed by atoms with Crippen LogP contribution in [0, 0.1) is 12.7 Å². The Labute approximate surface area is 140 Å². The van der Waals surface area contributed by atoms with E-state index in [4.69, 9.17) is 5.73 Å². The maximum atomic E-state index is 13.1. The van der Waals surface area contributed by atoms with Gasteiger partial charge >= 0.3 is 0 Å². The zero-order valence-corrected chi connectivity index (χ0v) is 13.6. The summed E-state index contributed by atoms with van der Waals surface area (Å²) < 4.78 is 13.1. The molecule has 1 unspecified atom stereocenters. The molecule has 0 radical (unpaired) electrons. The van der Waals surface area contributed by atoms with E-state index in [0.717, 1.165) is 17.5 Å². The number of nitrogens with zero attached hydrogens (tertiary/aromatic N) is 2. The third kappa shape index (κ3) is 3.36. The van der Waals surface area contributed by atoms with Crippen molar-refractivity contribution in [2.24, 2.45) is 5.73 Å². The molecule has 0 bridgehead atoms. The first-order valence-electron chi connectivity index (χ1n) is 7.95. The van der Waals surface area contributed by atoms with E-state index in [-0.39, 0.29) is 5.82 Å². The van der Waals surface area contributed by atoms with Crippen LogP contribution in [0.2, 0.25) is 0 Å². The van der Waals surface area contributed by atoms with Crippen LogP contribution in [-0.2, 0) is 4.79 Å². The Hall–Kier alpha value is -2.53. The van der Waals surface area contributed by atoms with Crippen molar-refractivity contribution >= 4 is 11.5 Å². The molecule has 0 saturated heterocycles. The van der Waals surface area contributed by atoms with Crippen molar-refractivity contribution in [3.05, 3.63) is 71.3 Å². The summed E-state index contributed by atoms with van der Waals surface area (Å²) >= 11 is 0. The zero-order valence-electron chi connectivity index (χ0n) is 13.6. The Balaban J connectivity index is 1.82. The quantitative estimate of drug-likeness (QED) is 0.940. The highest BCUT2D eigenvalue weighted by atomic mass is 19.1. The molecule has 2 aromatic rings. The molecule has 4 nitrogen and oxygen atoms in total. The number of hydrogen-bond acceptors (Lipinski definition) is 3. The number of hydrogen-bond donors (Lipinski definition) is 1. The van der Waals surface area contributed by atoms with Gasteiger partial charge in [0, 0.05) is 25.5 Å². The molecule has 1 aliphatic heterocycles. The monoisotopic (exact) mass is 325 g/mol. The molecule has 0 fully saturated rings. The highest BCUT2D eigenvalue weighted by Gasteiger charge is 2.27. The van der Waals surface area contributed by atoms with Crippen LogP contribution in [0.15, 0.2) is 48.8 Å². The van der Waals surface area contributed by atoms with Gasteiger partial charge in [0.15, 0.2) is 0 Å². The summed E-state index contributed by atoms with van der Waals surface area (Å²) in [5.41, 5.74) is 9.90. The summed E-state index contributed by atoms with van der Waals surface area (Å²) in [7, 11) is 0. The van der Waals surface area contributed by atoms with Crippen LogP contribution >= 0.6 is 0 Å². The molecule has 0 aliphatic carbocycles. The number of pyridine rings is 1. The number of nitrogens with two attached hydrogens (primary N) is 1. The van der Waals surface area contributed by atoms with Gasteiger partial charge in [-0.05, 0) is 53.8 Å². The minimum atomic E-state index is -0.543. The standard InChI is InChI=1S/C19H20FN3O/c1-13-6-9-22-12-17(13)14-7-10-23(11-8-14)18(19(21)24)15-2-4-16(20)5-3-15/h2-7,9,12,18H,8,10-11H2,1H3,(H2,21,24). The Morgan fingerprint density at radius 1 is 1.29 bits per heavy atom. The Bertz CT molecular complexity index is 770. The van der Waals surface area contributed by atoms with Gasteiger partial charge in [0.05, 0.1) is 0 Å². The first-order chi connectivity index (χ1) is 11.6. The second kappa shape index (κ2) is 6.93. The molecule has 1 aromatic heterocycles. The Kier molecular flexibility index (Phi) is 4.71. The van der Waals surface area contributed by atoms with E-state index in [2.05, 4.69) is 18.0 Å². The summed E-state index contributed by atoms with van der Waals surface area (Å²) in [6.45, 7) is 3.40. The fourth-order valence-corrected chi connectivity index (χ4v) is 3.16. The van der Waals surface area contributed by atoms with Crippen molar-refractivity contribution in [3.8, 4) is 0 Å². The topological polar surface area (TPSA) is 59.2 Å². The molecule has 0 spiro atoms. The number of aryl methyl sites for hydroxylation is 1. The highest BCUT2D eigenvalue weighted by molar-refractivity contribution is 5.81. The molecule has 2 heterocycles. The SMILES string of the molecule is Cc1ccncc1C1=CCN(C(C(N)=O)c2ccc(F)cc2)CC1. The lowest BCUT2D eigenvalue weighted by Gasteiger charge is -2.32. The number of amides is 1. The van der Waals surface area contributed by atoms with E-state index in [0.29, 0.717) is 13.1 Å². The summed E-state index contributed by atoms with van der Waals surface area (Å²) in [6, 6.07) is 7.40. The van der Waals surface area contributed by atoms with E-state index >= 15 is 0 Å². The van der Waals surface area contributed by atoms with Crippen molar-refractivity contribution < 1.29 is 9.18 Å². The van der Waals surface area contributed by atoms with Gasteiger partial charge in [-0.15, -0.1) is 0 Å². The van der Waals surface area contributed by atoms with Gasteiger partial charge < -0.3 is 5.73 Å². The largest absolute Gasteiger partial charge is 0.368 e. The van der Waals surface area contributed by atoms with Crippen molar-refractivity contribution in [1.29, 1.82) is 0 Å². The Morgan fingerprint density at radius 2 is 2.04 bits per heavy atom. The molecular formula is C19H20FN3O. The van der Waals surface area contributed by atoms with Crippen molar-refractivity contribution in [3.63, 3.8) is 0 Å². The van der Waals surface area contributed by atoms with Gasteiger partial charge in [0.25, 0.3) is 0 Å². The molecule has 1 aromatic carbocycles. The predicted molar refractivity (Wildman–Crippen MR) is 91.5 cm³/mol. The highest BCUT2D eigenvalue weighted by Crippen LogP contribution is 2.29. The van der Waals surface area contributed by atoms with Gasteiger partial charge in [0.2, 0.25) is 5.91 Å². The molecule has 2 N–H and O–H groups in total. The molecule has 1 amide bonds. The fraction of sp³-hybridized carbons (Fsp3) is 0.263. The smallest absolute Gasteiger partial charge is 0.239 e. The average molecular weight is 325 g/mol. The third-order valence-corrected chi connectivity index (χ3v) is 4.45. The number of rotatable bonds is 4. The minimum Gasteiger partial charge on any atom is -0.368 e. The molecule has 1 aliphatic rings. The van der Waals surface area contributed by atoms with Crippen molar-refractivity contribution in [2.45, 2.75) is 19.4 Å². The normalized spacial score (nSPS) is 16.5. The lowest BCUT2D eigenvalue weighted by Crippen LogP contribution is -2.40. The lowest BCUT2D eigenvalue weighted by atomic mass is 9.95. The van der Waals surface area contributed by atoms with Crippen LogP contribution in [0.1, 0.15) is 29.2 Å². The van der Waals surface area contributed by atoms with Crippen LogP contribution in [0.25, 0.3) is 5.57 Å². The van der Waals surface area contributed by atoms with Gasteiger partial charge in [-0.2, -0.15) is 0 Å². The molecule has 5 heteroatoms.